The van der Waals surface area contributed by atoms with Crippen LogP contribution in [0.25, 0.3) is 10.9 Å². The van der Waals surface area contributed by atoms with E-state index in [1.54, 1.807) is 109 Å². The number of hydrogen-bond acceptors (Lipinski definition) is 18. The molecule has 0 radical (unpaired) electrons. The third-order valence-electron chi connectivity index (χ3n) is 21.7. The van der Waals surface area contributed by atoms with E-state index < -0.39 is 233 Å². The molecule has 0 aliphatic carbocycles. The van der Waals surface area contributed by atoms with Crippen molar-refractivity contribution in [1.29, 1.82) is 0 Å². The number of benzene rings is 1. The molecule has 2 aromatic rings. The van der Waals surface area contributed by atoms with Crippen molar-refractivity contribution in [1.82, 2.24) is 79.4 Å². The van der Waals surface area contributed by atoms with Crippen LogP contribution in [-0.2, 0) is 83.1 Å². The van der Waals surface area contributed by atoms with Crippen molar-refractivity contribution in [2.45, 2.75) is 334 Å². The van der Waals surface area contributed by atoms with Gasteiger partial charge in [-0.2, -0.15) is 0 Å². The van der Waals surface area contributed by atoms with Crippen LogP contribution in [0, 0.1) is 65.1 Å². The maximum absolute atomic E-state index is 14.6. The number of aromatic amines is 1. The fourth-order valence-electron chi connectivity index (χ4n) is 13.6. The van der Waals surface area contributed by atoms with Crippen molar-refractivity contribution >= 4 is 105 Å². The average Bonchev–Trinajstić information content (AvgIpc) is 1.72. The van der Waals surface area contributed by atoms with Crippen molar-refractivity contribution in [3.8, 4) is 0 Å². The molecule has 0 unspecified atom stereocenters. The molecule has 21 N–H and O–H groups in total. The van der Waals surface area contributed by atoms with E-state index in [-0.39, 0.29) is 61.7 Å². The number of aliphatic hydroxyl groups is 1. The molecule has 1 aromatic carbocycles. The summed E-state index contributed by atoms with van der Waals surface area (Å²) in [6.07, 6.45) is 1.24. The van der Waals surface area contributed by atoms with Crippen molar-refractivity contribution in [3.05, 3.63) is 36.0 Å². The lowest BCUT2D eigenvalue weighted by atomic mass is 9.93. The maximum Gasteiger partial charge on any atom is 0.326 e. The van der Waals surface area contributed by atoms with E-state index in [4.69, 9.17) is 11.5 Å². The van der Waals surface area contributed by atoms with Gasteiger partial charge in [0.1, 0.15) is 84.6 Å². The third kappa shape index (κ3) is 35.7. The largest absolute Gasteiger partial charge is 0.480 e. The van der Waals surface area contributed by atoms with Gasteiger partial charge in [0, 0.05) is 23.5 Å². The molecule has 121 heavy (non-hydrogen) atoms. The van der Waals surface area contributed by atoms with Gasteiger partial charge in [-0.25, -0.2) is 4.79 Å². The number of amides is 15. The number of carboxylic acids is 1. The van der Waals surface area contributed by atoms with Gasteiger partial charge in [-0.05, 0) is 123 Å². The Morgan fingerprint density at radius 3 is 1.02 bits per heavy atom. The van der Waals surface area contributed by atoms with Crippen LogP contribution in [0.2, 0.25) is 0 Å². The number of carbonyl (C=O) groups excluding carboxylic acids is 15. The summed E-state index contributed by atoms with van der Waals surface area (Å²) in [5.74, 6) is -18.2. The molecular weight excluding hydrogens is 1560 g/mol. The van der Waals surface area contributed by atoms with Crippen molar-refractivity contribution < 1.29 is 86.9 Å². The SMILES string of the molecule is CC[C@H](C)[C@H](NC(=O)[C@H](Cc1c[nH]c2ccccc12)NC(=O)[C@@H](NC(=O)[C@@H](NC(=O)[C@H](CC(C)C)NC(=O)[C@H](C)NC(=O)[C@H](CC(C)C)NC(=O)[C@H](CC(N)=O)NC(=O)[C@@H](NC(=O)[C@@H](NC(=O)[C@H](CC(C)C)NC(=O)[C@@H](NC(=O)[C@@H](NC(=O)[C@H](CC(C)C)NC(=O)[C@@H](N)CC(C)C)[C@@H](C)CC)[C@@H](C)CC)C(C)C)C(C)C)[C@@H](C)O)[C@@H](C)CC)C(=O)O. The highest BCUT2D eigenvalue weighted by Crippen LogP contribution is 2.23. The van der Waals surface area contributed by atoms with Crippen LogP contribution < -0.4 is 85.9 Å². The molecule has 0 saturated carbocycles. The fourth-order valence-corrected chi connectivity index (χ4v) is 13.6. The average molecular weight is 1710 g/mol. The first-order valence-corrected chi connectivity index (χ1v) is 43.1. The van der Waals surface area contributed by atoms with E-state index >= 15 is 0 Å². The van der Waals surface area contributed by atoms with Crippen molar-refractivity contribution in [2.75, 3.05) is 0 Å². The minimum absolute atomic E-state index is 0.0440. The standard InChI is InChI=1S/C86H147N17O18/c1-25-48(19)67(100-84(118)69(50(21)27-3)99-77(111)60(36-44(11)12)92-73(107)56(87)33-41(5)6)82(116)94-61(37-45(13)14)76(110)97-66(47(17)18)81(115)98-65(46(15)16)80(114)96-63(39-64(88)105)75(109)93-58(34-42(7)8)74(108)90-52(23)72(106)91-59(35-43(9)10)78(112)103-71(53(24)104)85(119)101-68(49(20)26-2)83(117)95-62(79(113)102-70(86(120)121)51(22)28-4)38-54-40-89-57-32-30-29-31-55(54)57/h29-32,40-53,56,58-63,65-71,89,104H,25-28,33-39,87H2,1-24H3,(H2,88,105)(H,90,108)(H,91,106)(H,92,107)(H,93,109)(H,94,116)(H,95,117)(H,96,114)(H,97,110)(H,98,115)(H,99,111)(H,100,118)(H,101,119)(H,102,113)(H,103,112)(H,120,121)/t48-,49-,50-,51-,52-,53+,56-,58-,59-,60-,61-,62-,63-,65-,66-,67-,68-,69-,70-,71-/m0/s1. The number of nitrogens with one attached hydrogen (secondary N) is 15. The number of H-pyrrole nitrogens is 1. The van der Waals surface area contributed by atoms with Gasteiger partial charge in [0.2, 0.25) is 88.6 Å². The molecule has 1 aromatic heterocycles. The first-order chi connectivity index (χ1) is 56.3. The van der Waals surface area contributed by atoms with E-state index in [1.165, 1.54) is 13.8 Å². The van der Waals surface area contributed by atoms with Gasteiger partial charge in [0.05, 0.1) is 18.6 Å². The van der Waals surface area contributed by atoms with Gasteiger partial charge in [-0.1, -0.05) is 196 Å². The molecule has 0 spiro atoms. The van der Waals surface area contributed by atoms with E-state index in [0.717, 1.165) is 10.9 Å². The number of para-hydroxylation sites is 1. The van der Waals surface area contributed by atoms with Crippen molar-refractivity contribution in [2.24, 2.45) is 76.6 Å². The number of fused-ring (bicyclic) bond motifs is 1. The molecule has 20 atom stereocenters. The van der Waals surface area contributed by atoms with Crippen LogP contribution >= 0.6 is 0 Å². The van der Waals surface area contributed by atoms with Crippen LogP contribution in [0.4, 0.5) is 0 Å². The second-order valence-corrected chi connectivity index (χ2v) is 35.6. The van der Waals surface area contributed by atoms with E-state index in [1.807, 2.05) is 73.6 Å². The highest BCUT2D eigenvalue weighted by atomic mass is 16.4. The molecule has 0 bridgehead atoms. The zero-order valence-corrected chi connectivity index (χ0v) is 75.8. The van der Waals surface area contributed by atoms with E-state index in [9.17, 15) is 86.9 Å². The lowest BCUT2D eigenvalue weighted by Gasteiger charge is -2.32. The molecule has 35 nitrogen and oxygen atoms in total. The lowest BCUT2D eigenvalue weighted by molar-refractivity contribution is -0.144. The van der Waals surface area contributed by atoms with Gasteiger partial charge in [0.25, 0.3) is 0 Å². The zero-order valence-electron chi connectivity index (χ0n) is 75.8. The van der Waals surface area contributed by atoms with E-state index in [0.29, 0.717) is 37.7 Å². The maximum atomic E-state index is 14.6. The summed E-state index contributed by atoms with van der Waals surface area (Å²) < 4.78 is 0. The lowest BCUT2D eigenvalue weighted by Crippen LogP contribution is -2.63. The molecule has 0 aliphatic rings. The van der Waals surface area contributed by atoms with Crippen LogP contribution in [0.3, 0.4) is 0 Å². The molecule has 2 rings (SSSR count). The van der Waals surface area contributed by atoms with Gasteiger partial charge < -0.3 is 101 Å². The minimum atomic E-state index is -1.76. The Labute approximate surface area is 714 Å². The van der Waals surface area contributed by atoms with Crippen molar-refractivity contribution in [3.63, 3.8) is 0 Å². The third-order valence-corrected chi connectivity index (χ3v) is 21.7. The van der Waals surface area contributed by atoms with Crippen LogP contribution in [-0.4, -0.2) is 207 Å². The summed E-state index contributed by atoms with van der Waals surface area (Å²) in [6.45, 7) is 41.1. The number of carbonyl (C=O) groups is 16. The Morgan fingerprint density at radius 2 is 0.628 bits per heavy atom. The number of rotatable bonds is 54. The molecule has 0 fully saturated rings. The molecule has 684 valence electrons. The summed E-state index contributed by atoms with van der Waals surface area (Å²) in [6, 6.07) is -13.1. The predicted molar refractivity (Wildman–Crippen MR) is 461 cm³/mol. The number of nitrogens with two attached hydrogens (primary N) is 2. The van der Waals surface area contributed by atoms with E-state index in [2.05, 4.69) is 79.4 Å². The number of carboxylic acid groups (broad SMARTS) is 1. The Hall–Kier alpha value is -9.80. The van der Waals surface area contributed by atoms with Crippen LogP contribution in [0.15, 0.2) is 30.5 Å². The molecular formula is C86H147N17O18. The van der Waals surface area contributed by atoms with Crippen LogP contribution in [0.1, 0.15) is 236 Å². The Balaban J connectivity index is 2.41. The number of aliphatic carboxylic acids is 1. The second-order valence-electron chi connectivity index (χ2n) is 35.6. The van der Waals surface area contributed by atoms with Gasteiger partial charge in [-0.15, -0.1) is 0 Å². The monoisotopic (exact) mass is 1710 g/mol. The predicted octanol–water partition coefficient (Wildman–Crippen LogP) is 2.91. The quantitative estimate of drug-likeness (QED) is 0.0453. The first-order valence-electron chi connectivity index (χ1n) is 43.1. The zero-order chi connectivity index (χ0) is 92.5. The Morgan fingerprint density at radius 1 is 0.339 bits per heavy atom. The fraction of sp³-hybridized carbons (Fsp3) is 0.721. The normalized spacial score (nSPS) is 16.7. The molecule has 1 heterocycles. The summed E-state index contributed by atoms with van der Waals surface area (Å²) in [5.41, 5.74) is 13.2. The smallest absolute Gasteiger partial charge is 0.326 e. The Bertz CT molecular complexity index is 3790. The number of aromatic nitrogens is 1. The minimum Gasteiger partial charge on any atom is -0.480 e. The summed E-state index contributed by atoms with van der Waals surface area (Å²) in [7, 11) is 0. The second kappa shape index (κ2) is 51.8. The van der Waals surface area contributed by atoms with Gasteiger partial charge >= 0.3 is 5.97 Å². The van der Waals surface area contributed by atoms with Gasteiger partial charge in [0.15, 0.2) is 0 Å². The number of hydrogen-bond donors (Lipinski definition) is 19. The molecule has 0 aliphatic heterocycles. The first kappa shape index (κ1) is 107. The topological polar surface area (TPSA) is 550 Å². The number of aliphatic hydroxyl groups excluding tert-OH is 1. The summed E-state index contributed by atoms with van der Waals surface area (Å²) >= 11 is 0. The highest BCUT2D eigenvalue weighted by Gasteiger charge is 2.42. The summed E-state index contributed by atoms with van der Waals surface area (Å²) in [5, 5.41) is 59.3. The molecule has 15 amide bonds. The van der Waals surface area contributed by atoms with Gasteiger partial charge in [-0.3, -0.25) is 71.9 Å². The highest BCUT2D eigenvalue weighted by molar-refractivity contribution is 6.01. The van der Waals surface area contributed by atoms with Crippen LogP contribution in [0.5, 0.6) is 0 Å². The summed E-state index contributed by atoms with van der Waals surface area (Å²) in [4.78, 5) is 228. The number of primary amides is 1. The molecule has 0 saturated heterocycles. The Kier molecular flexibility index (Phi) is 46.0. The molecule has 35 heteroatoms.